The van der Waals surface area contributed by atoms with Crippen molar-refractivity contribution in [2.75, 3.05) is 7.11 Å². The maximum Gasteiger partial charge on any atom is 0.339 e. The molecular formula is C12H11ClO2. The maximum atomic E-state index is 11.3. The topological polar surface area (TPSA) is 26.3 Å². The van der Waals surface area contributed by atoms with Crippen molar-refractivity contribution in [1.82, 2.24) is 0 Å². The van der Waals surface area contributed by atoms with Crippen LogP contribution in [-0.2, 0) is 9.53 Å². The van der Waals surface area contributed by atoms with E-state index in [0.717, 1.165) is 5.56 Å². The number of ether oxygens (including phenoxy) is 1. The molecule has 78 valence electrons. The Kier molecular flexibility index (Phi) is 4.13. The fourth-order valence-corrected chi connectivity index (χ4v) is 1.21. The molecule has 0 N–H and O–H groups in total. The highest BCUT2D eigenvalue weighted by Gasteiger charge is 2.11. The first kappa shape index (κ1) is 11.5. The Bertz CT molecular complexity index is 393. The Morgan fingerprint density at radius 3 is 2.47 bits per heavy atom. The summed E-state index contributed by atoms with van der Waals surface area (Å²) < 4.78 is 4.59. The summed E-state index contributed by atoms with van der Waals surface area (Å²) in [5.74, 6) is -0.487. The van der Waals surface area contributed by atoms with Crippen LogP contribution in [0.2, 0.25) is 0 Å². The third kappa shape index (κ3) is 3.26. The van der Waals surface area contributed by atoms with Crippen LogP contribution in [0.15, 0.2) is 47.5 Å². The Morgan fingerprint density at radius 1 is 1.40 bits per heavy atom. The first-order chi connectivity index (χ1) is 7.15. The van der Waals surface area contributed by atoms with Crippen LogP contribution in [0, 0.1) is 0 Å². The van der Waals surface area contributed by atoms with E-state index >= 15 is 0 Å². The molecule has 0 aromatic heterocycles. The average Bonchev–Trinajstić information content (AvgIpc) is 2.26. The minimum atomic E-state index is -0.487. The number of hydrogen-bond donors (Lipinski definition) is 0. The second-order valence-corrected chi connectivity index (χ2v) is 3.32. The van der Waals surface area contributed by atoms with Gasteiger partial charge in [0, 0.05) is 5.03 Å². The molecule has 3 heteroatoms. The highest BCUT2D eigenvalue weighted by Crippen LogP contribution is 2.17. The zero-order valence-corrected chi connectivity index (χ0v) is 9.12. The molecule has 0 spiro atoms. The summed E-state index contributed by atoms with van der Waals surface area (Å²) in [6.45, 7) is 3.52. The van der Waals surface area contributed by atoms with E-state index in [4.69, 9.17) is 11.6 Å². The molecule has 0 aliphatic heterocycles. The molecule has 2 nitrogen and oxygen atoms in total. The molecule has 1 aromatic carbocycles. The smallest absolute Gasteiger partial charge is 0.339 e. The van der Waals surface area contributed by atoms with Crippen LogP contribution < -0.4 is 0 Å². The van der Waals surface area contributed by atoms with Crippen molar-refractivity contribution in [1.29, 1.82) is 0 Å². The number of methoxy groups -OCH3 is 1. The summed E-state index contributed by atoms with van der Waals surface area (Å²) >= 11 is 5.70. The van der Waals surface area contributed by atoms with Gasteiger partial charge in [-0.1, -0.05) is 48.5 Å². The molecule has 0 bridgehead atoms. The molecule has 0 aliphatic carbocycles. The molecule has 0 aliphatic rings. The average molecular weight is 223 g/mol. The molecule has 1 aromatic rings. The number of hydrogen-bond acceptors (Lipinski definition) is 2. The second kappa shape index (κ2) is 5.37. The molecule has 1 rings (SSSR count). The molecule has 0 amide bonds. The molecule has 0 saturated carbocycles. The van der Waals surface area contributed by atoms with Gasteiger partial charge in [-0.05, 0) is 11.6 Å². The van der Waals surface area contributed by atoms with Crippen molar-refractivity contribution in [3.63, 3.8) is 0 Å². The first-order valence-corrected chi connectivity index (χ1v) is 4.73. The van der Waals surface area contributed by atoms with Gasteiger partial charge in [-0.25, -0.2) is 4.79 Å². The van der Waals surface area contributed by atoms with Crippen LogP contribution in [0.4, 0.5) is 0 Å². The van der Waals surface area contributed by atoms with Gasteiger partial charge in [0.1, 0.15) is 0 Å². The molecule has 0 heterocycles. The number of rotatable bonds is 3. The second-order valence-electron chi connectivity index (χ2n) is 2.87. The van der Waals surface area contributed by atoms with Gasteiger partial charge in [-0.3, -0.25) is 0 Å². The minimum Gasteiger partial charge on any atom is -0.465 e. The molecular weight excluding hydrogens is 212 g/mol. The van der Waals surface area contributed by atoms with E-state index in [1.54, 1.807) is 6.08 Å². The van der Waals surface area contributed by atoms with Crippen LogP contribution in [0.1, 0.15) is 5.56 Å². The van der Waals surface area contributed by atoms with Gasteiger partial charge < -0.3 is 4.74 Å². The predicted octanol–water partition coefficient (Wildman–Crippen LogP) is 3.00. The highest BCUT2D eigenvalue weighted by molar-refractivity contribution is 6.35. The number of carbonyl (C=O) groups is 1. The normalized spacial score (nSPS) is 10.9. The number of benzene rings is 1. The molecule has 0 radical (unpaired) electrons. The lowest BCUT2D eigenvalue weighted by Crippen LogP contribution is -2.04. The zero-order chi connectivity index (χ0) is 11.3. The van der Waals surface area contributed by atoms with Gasteiger partial charge >= 0.3 is 5.97 Å². The lowest BCUT2D eigenvalue weighted by atomic mass is 10.1. The Hall–Kier alpha value is -1.54. The molecule has 0 unspecified atom stereocenters. The van der Waals surface area contributed by atoms with E-state index in [-0.39, 0.29) is 10.6 Å². The van der Waals surface area contributed by atoms with E-state index in [9.17, 15) is 4.79 Å². The lowest BCUT2D eigenvalue weighted by Gasteiger charge is -2.02. The SMILES string of the molecule is C=C(Cl)/C(=C\c1ccccc1)C(=O)OC. The van der Waals surface area contributed by atoms with Gasteiger partial charge in [0.05, 0.1) is 12.7 Å². The van der Waals surface area contributed by atoms with Gasteiger partial charge in [0.25, 0.3) is 0 Å². The number of halogens is 1. The minimum absolute atomic E-state index is 0.172. The van der Waals surface area contributed by atoms with Crippen molar-refractivity contribution in [3.05, 3.63) is 53.1 Å². The van der Waals surface area contributed by atoms with Crippen LogP contribution >= 0.6 is 11.6 Å². The number of carbonyl (C=O) groups excluding carboxylic acids is 1. The number of esters is 1. The first-order valence-electron chi connectivity index (χ1n) is 4.35. The largest absolute Gasteiger partial charge is 0.465 e. The van der Waals surface area contributed by atoms with Crippen molar-refractivity contribution in [2.24, 2.45) is 0 Å². The van der Waals surface area contributed by atoms with E-state index in [0.29, 0.717) is 0 Å². The quantitative estimate of drug-likeness (QED) is 0.447. The van der Waals surface area contributed by atoms with Gasteiger partial charge in [0.2, 0.25) is 0 Å². The Labute approximate surface area is 93.8 Å². The molecule has 15 heavy (non-hydrogen) atoms. The standard InChI is InChI=1S/C12H11ClO2/c1-9(13)11(12(14)15-2)8-10-6-4-3-5-7-10/h3-8H,1H2,2H3/b11-8+. The summed E-state index contributed by atoms with van der Waals surface area (Å²) in [7, 11) is 1.31. The summed E-state index contributed by atoms with van der Waals surface area (Å²) in [6, 6.07) is 9.37. The van der Waals surface area contributed by atoms with E-state index < -0.39 is 5.97 Å². The van der Waals surface area contributed by atoms with Crippen LogP contribution in [0.5, 0.6) is 0 Å². The van der Waals surface area contributed by atoms with Crippen LogP contribution in [0.25, 0.3) is 6.08 Å². The van der Waals surface area contributed by atoms with Crippen molar-refractivity contribution < 1.29 is 9.53 Å². The van der Waals surface area contributed by atoms with Gasteiger partial charge in [-0.2, -0.15) is 0 Å². The predicted molar refractivity (Wildman–Crippen MR) is 61.4 cm³/mol. The summed E-state index contributed by atoms with van der Waals surface area (Å²) in [5, 5.41) is 0.172. The fraction of sp³-hybridized carbons (Fsp3) is 0.0833. The highest BCUT2D eigenvalue weighted by atomic mass is 35.5. The van der Waals surface area contributed by atoms with E-state index in [2.05, 4.69) is 11.3 Å². The molecule has 0 fully saturated rings. The Morgan fingerprint density at radius 2 is 2.00 bits per heavy atom. The van der Waals surface area contributed by atoms with E-state index in [1.807, 2.05) is 30.3 Å². The summed E-state index contributed by atoms with van der Waals surface area (Å²) in [4.78, 5) is 11.3. The Balaban J connectivity index is 3.05. The van der Waals surface area contributed by atoms with Gasteiger partial charge in [-0.15, -0.1) is 0 Å². The third-order valence-electron chi connectivity index (χ3n) is 1.81. The summed E-state index contributed by atoms with van der Waals surface area (Å²) in [5.41, 5.74) is 1.14. The zero-order valence-electron chi connectivity index (χ0n) is 8.37. The fourth-order valence-electron chi connectivity index (χ4n) is 1.07. The van der Waals surface area contributed by atoms with Crippen molar-refractivity contribution in [2.45, 2.75) is 0 Å². The van der Waals surface area contributed by atoms with E-state index in [1.165, 1.54) is 7.11 Å². The summed E-state index contributed by atoms with van der Waals surface area (Å²) in [6.07, 6.45) is 1.64. The van der Waals surface area contributed by atoms with Crippen LogP contribution in [-0.4, -0.2) is 13.1 Å². The van der Waals surface area contributed by atoms with Gasteiger partial charge in [0.15, 0.2) is 0 Å². The third-order valence-corrected chi connectivity index (χ3v) is 2.01. The monoisotopic (exact) mass is 222 g/mol. The van der Waals surface area contributed by atoms with Crippen molar-refractivity contribution in [3.8, 4) is 0 Å². The molecule has 0 saturated heterocycles. The lowest BCUT2D eigenvalue weighted by molar-refractivity contribution is -0.135. The molecule has 0 atom stereocenters. The van der Waals surface area contributed by atoms with Crippen LogP contribution in [0.3, 0.4) is 0 Å². The van der Waals surface area contributed by atoms with Crippen molar-refractivity contribution >= 4 is 23.6 Å². The maximum absolute atomic E-state index is 11.3.